The van der Waals surface area contributed by atoms with Crippen molar-refractivity contribution in [2.24, 2.45) is 0 Å². The van der Waals surface area contributed by atoms with Crippen LogP contribution in [0.1, 0.15) is 5.56 Å². The highest BCUT2D eigenvalue weighted by molar-refractivity contribution is 8.18. The molecule has 10 heteroatoms. The first-order valence-electron chi connectivity index (χ1n) is 9.84. The van der Waals surface area contributed by atoms with E-state index in [1.165, 1.54) is 12.4 Å². The smallest absolute Gasteiger partial charge is 0.290 e. The summed E-state index contributed by atoms with van der Waals surface area (Å²) in [5.74, 6) is -0.702. The number of benzene rings is 2. The summed E-state index contributed by atoms with van der Waals surface area (Å²) >= 11 is 0.863. The van der Waals surface area contributed by atoms with Gasteiger partial charge in [0.2, 0.25) is 0 Å². The summed E-state index contributed by atoms with van der Waals surface area (Å²) in [6.07, 6.45) is 3.10. The Balaban J connectivity index is 0.00000245. The molecule has 0 bridgehead atoms. The third-order valence-electron chi connectivity index (χ3n) is 5.28. The number of carbonyl (C=O) groups is 2. The standard InChI is InChI=1S/C22H18FN5O2S.ClH/c23-16-11-14(2-4-18(16)28-7-5-24-6-8-28)20-15-9-13(1-3-17(15)25-12-26-20)10-19-21(29)27-22(30)31-19;/h1-4,9-12,24H,5-8H2,(H,27,29,30);1H. The number of thioether (sulfide) groups is 1. The van der Waals surface area contributed by atoms with Crippen LogP contribution in [-0.2, 0) is 4.79 Å². The number of imide groups is 1. The average Bonchev–Trinajstić information content (AvgIpc) is 3.10. The van der Waals surface area contributed by atoms with E-state index in [0.717, 1.165) is 48.9 Å². The van der Waals surface area contributed by atoms with Crippen LogP contribution in [0.25, 0.3) is 28.2 Å². The summed E-state index contributed by atoms with van der Waals surface area (Å²) in [5, 5.41) is 5.86. The Bertz CT molecular complexity index is 1250. The predicted molar refractivity (Wildman–Crippen MR) is 126 cm³/mol. The molecule has 2 aromatic carbocycles. The number of nitrogens with one attached hydrogen (secondary N) is 2. The summed E-state index contributed by atoms with van der Waals surface area (Å²) in [5.41, 5.74) is 3.28. The minimum Gasteiger partial charge on any atom is -0.367 e. The third-order valence-corrected chi connectivity index (χ3v) is 6.09. The molecule has 1 aromatic heterocycles. The largest absolute Gasteiger partial charge is 0.367 e. The average molecular weight is 472 g/mol. The van der Waals surface area contributed by atoms with Gasteiger partial charge in [0.25, 0.3) is 11.1 Å². The minimum absolute atomic E-state index is 0. The van der Waals surface area contributed by atoms with Crippen molar-refractivity contribution in [3.05, 3.63) is 59.0 Å². The van der Waals surface area contributed by atoms with Crippen molar-refractivity contribution < 1.29 is 14.0 Å². The topological polar surface area (TPSA) is 87.2 Å². The molecule has 2 N–H and O–H groups in total. The van der Waals surface area contributed by atoms with Crippen molar-refractivity contribution in [3.8, 4) is 11.3 Å². The number of piperazine rings is 1. The first-order chi connectivity index (χ1) is 15.1. The number of carbonyl (C=O) groups excluding carboxylic acids is 2. The maximum atomic E-state index is 15.0. The maximum Gasteiger partial charge on any atom is 0.290 e. The van der Waals surface area contributed by atoms with Crippen LogP contribution in [0.5, 0.6) is 0 Å². The van der Waals surface area contributed by atoms with Gasteiger partial charge in [-0.1, -0.05) is 12.1 Å². The van der Waals surface area contributed by atoms with Crippen molar-refractivity contribution in [3.63, 3.8) is 0 Å². The van der Waals surface area contributed by atoms with E-state index in [2.05, 4.69) is 20.6 Å². The normalized spacial score (nSPS) is 17.5. The SMILES string of the molecule is Cl.O=C1NC(=O)C(=Cc2ccc3ncnc(-c4ccc(N5CCNCC5)c(F)c4)c3c2)S1. The molecule has 164 valence electrons. The van der Waals surface area contributed by atoms with Gasteiger partial charge in [-0.25, -0.2) is 14.4 Å². The lowest BCUT2D eigenvalue weighted by molar-refractivity contribution is -0.115. The molecular formula is C22H19ClFN5O2S. The van der Waals surface area contributed by atoms with Crippen LogP contribution < -0.4 is 15.5 Å². The molecule has 5 rings (SSSR count). The van der Waals surface area contributed by atoms with Gasteiger partial charge in [0.1, 0.15) is 12.1 Å². The zero-order valence-electron chi connectivity index (χ0n) is 16.8. The molecule has 2 aliphatic rings. The van der Waals surface area contributed by atoms with Gasteiger partial charge in [-0.2, -0.15) is 0 Å². The van der Waals surface area contributed by atoms with E-state index in [4.69, 9.17) is 0 Å². The van der Waals surface area contributed by atoms with Crippen LogP contribution in [0.4, 0.5) is 14.9 Å². The maximum absolute atomic E-state index is 15.0. The molecule has 3 heterocycles. The molecule has 2 fully saturated rings. The van der Waals surface area contributed by atoms with E-state index in [1.54, 1.807) is 12.1 Å². The van der Waals surface area contributed by atoms with Gasteiger partial charge in [0.05, 0.1) is 21.8 Å². The summed E-state index contributed by atoms with van der Waals surface area (Å²) in [6, 6.07) is 10.6. The Morgan fingerprint density at radius 2 is 1.88 bits per heavy atom. The predicted octanol–water partition coefficient (Wildman–Crippen LogP) is 3.59. The second kappa shape index (κ2) is 9.23. The van der Waals surface area contributed by atoms with Gasteiger partial charge >= 0.3 is 0 Å². The van der Waals surface area contributed by atoms with E-state index < -0.39 is 5.91 Å². The highest BCUT2D eigenvalue weighted by atomic mass is 35.5. The van der Waals surface area contributed by atoms with Gasteiger partial charge in [0.15, 0.2) is 0 Å². The van der Waals surface area contributed by atoms with E-state index in [0.29, 0.717) is 27.4 Å². The number of rotatable bonds is 3. The Kier molecular flexibility index (Phi) is 6.40. The van der Waals surface area contributed by atoms with E-state index in [1.807, 2.05) is 29.2 Å². The molecule has 2 saturated heterocycles. The van der Waals surface area contributed by atoms with Crippen LogP contribution in [0.15, 0.2) is 47.6 Å². The molecule has 0 atom stereocenters. The first-order valence-corrected chi connectivity index (χ1v) is 10.7. The Labute approximate surface area is 193 Å². The van der Waals surface area contributed by atoms with Gasteiger partial charge in [-0.15, -0.1) is 12.4 Å². The number of aromatic nitrogens is 2. The molecule has 7 nitrogen and oxygen atoms in total. The second-order valence-corrected chi connectivity index (χ2v) is 8.27. The Morgan fingerprint density at radius 1 is 1.06 bits per heavy atom. The molecule has 0 spiro atoms. The van der Waals surface area contributed by atoms with Crippen molar-refractivity contribution in [1.29, 1.82) is 0 Å². The number of hydrogen-bond donors (Lipinski definition) is 2. The number of anilines is 1. The lowest BCUT2D eigenvalue weighted by Gasteiger charge is -2.29. The first kappa shape index (κ1) is 22.2. The third kappa shape index (κ3) is 4.32. The van der Waals surface area contributed by atoms with Crippen LogP contribution in [0.3, 0.4) is 0 Å². The van der Waals surface area contributed by atoms with E-state index >= 15 is 0 Å². The number of halogens is 2. The quantitative estimate of drug-likeness (QED) is 0.564. The fourth-order valence-corrected chi connectivity index (χ4v) is 4.47. The Hall–Kier alpha value is -3.01. The van der Waals surface area contributed by atoms with Crippen LogP contribution in [-0.4, -0.2) is 47.3 Å². The minimum atomic E-state index is -0.412. The van der Waals surface area contributed by atoms with Gasteiger partial charge < -0.3 is 10.2 Å². The molecular weight excluding hydrogens is 453 g/mol. The van der Waals surface area contributed by atoms with Crippen molar-refractivity contribution >= 4 is 58.0 Å². The van der Waals surface area contributed by atoms with Gasteiger partial charge in [-0.05, 0) is 47.7 Å². The second-order valence-electron chi connectivity index (χ2n) is 7.25. The summed E-state index contributed by atoms with van der Waals surface area (Å²) in [7, 11) is 0. The molecule has 0 saturated carbocycles. The molecule has 32 heavy (non-hydrogen) atoms. The van der Waals surface area contributed by atoms with E-state index in [-0.39, 0.29) is 23.5 Å². The number of amides is 2. The lowest BCUT2D eigenvalue weighted by atomic mass is 10.0. The summed E-state index contributed by atoms with van der Waals surface area (Å²) in [6.45, 7) is 3.19. The fourth-order valence-electron chi connectivity index (χ4n) is 3.78. The number of nitrogens with zero attached hydrogens (tertiary/aromatic N) is 3. The zero-order valence-corrected chi connectivity index (χ0v) is 18.4. The fraction of sp³-hybridized carbons (Fsp3) is 0.182. The molecule has 0 unspecified atom stereocenters. The number of hydrogen-bond acceptors (Lipinski definition) is 7. The van der Waals surface area contributed by atoms with Crippen molar-refractivity contribution in [1.82, 2.24) is 20.6 Å². The van der Waals surface area contributed by atoms with Crippen LogP contribution >= 0.6 is 24.2 Å². The van der Waals surface area contributed by atoms with Crippen molar-refractivity contribution in [2.75, 3.05) is 31.1 Å². The number of fused-ring (bicyclic) bond motifs is 1. The molecule has 3 aromatic rings. The Morgan fingerprint density at radius 3 is 2.59 bits per heavy atom. The molecule has 0 aliphatic carbocycles. The van der Waals surface area contributed by atoms with Crippen LogP contribution in [0, 0.1) is 5.82 Å². The summed E-state index contributed by atoms with van der Waals surface area (Å²) < 4.78 is 15.0. The van der Waals surface area contributed by atoms with E-state index in [9.17, 15) is 14.0 Å². The molecule has 0 radical (unpaired) electrons. The zero-order chi connectivity index (χ0) is 21.4. The van der Waals surface area contributed by atoms with Gasteiger partial charge in [-0.3, -0.25) is 14.9 Å². The highest BCUT2D eigenvalue weighted by Crippen LogP contribution is 2.31. The van der Waals surface area contributed by atoms with Crippen molar-refractivity contribution in [2.45, 2.75) is 0 Å². The summed E-state index contributed by atoms with van der Waals surface area (Å²) in [4.78, 5) is 34.3. The lowest BCUT2D eigenvalue weighted by Crippen LogP contribution is -2.43. The van der Waals surface area contributed by atoms with Gasteiger partial charge in [0, 0.05) is 37.1 Å². The van der Waals surface area contributed by atoms with Crippen LogP contribution in [0.2, 0.25) is 0 Å². The molecule has 2 amide bonds. The monoisotopic (exact) mass is 471 g/mol. The highest BCUT2D eigenvalue weighted by Gasteiger charge is 2.25. The molecule has 2 aliphatic heterocycles.